The second-order valence-corrected chi connectivity index (χ2v) is 12.9. The van der Waals surface area contributed by atoms with Crippen LogP contribution in [0.25, 0.3) is 5.76 Å². The normalized spacial score (nSPS) is 16.0. The van der Waals surface area contributed by atoms with Crippen LogP contribution in [0.1, 0.15) is 22.7 Å². The SMILES string of the molecule is COc1cc(C2/C(=C(/O)c3ccc(Br)cc3)C(=O)C(=O)N2c2nnc(SCc3ccc(Cl)cc3Cl)s2)cc(OC)c1OC. The molecule has 0 radical (unpaired) electrons. The number of aliphatic hydroxyl groups excluding tert-OH is 1. The molecular formula is C29H22BrCl2N3O6S2. The number of aliphatic hydroxyl groups is 1. The predicted octanol–water partition coefficient (Wildman–Crippen LogP) is 7.55. The molecule has 1 aromatic heterocycles. The third-order valence-electron chi connectivity index (χ3n) is 6.53. The van der Waals surface area contributed by atoms with Crippen LogP contribution < -0.4 is 19.1 Å². The Bertz CT molecular complexity index is 1720. The molecule has 0 saturated carbocycles. The largest absolute Gasteiger partial charge is 0.507 e. The minimum Gasteiger partial charge on any atom is -0.507 e. The van der Waals surface area contributed by atoms with Crippen molar-refractivity contribution in [1.82, 2.24) is 10.2 Å². The summed E-state index contributed by atoms with van der Waals surface area (Å²) in [5.41, 5.74) is 1.50. The topological polar surface area (TPSA) is 111 Å². The number of halogens is 3. The van der Waals surface area contributed by atoms with Gasteiger partial charge in [-0.2, -0.15) is 0 Å². The second-order valence-electron chi connectivity index (χ2n) is 9.01. The summed E-state index contributed by atoms with van der Waals surface area (Å²) in [6.07, 6.45) is 0. The molecule has 2 heterocycles. The van der Waals surface area contributed by atoms with Gasteiger partial charge >= 0.3 is 5.91 Å². The minimum atomic E-state index is -1.09. The molecule has 0 aliphatic carbocycles. The van der Waals surface area contributed by atoms with Gasteiger partial charge in [-0.05, 0) is 47.5 Å². The second kappa shape index (κ2) is 13.1. The maximum atomic E-state index is 13.6. The zero-order chi connectivity index (χ0) is 30.8. The molecule has 5 rings (SSSR count). The first-order valence-corrected chi connectivity index (χ1v) is 15.8. The van der Waals surface area contributed by atoms with Gasteiger partial charge in [0.2, 0.25) is 10.9 Å². The Morgan fingerprint density at radius 2 is 1.67 bits per heavy atom. The van der Waals surface area contributed by atoms with Crippen molar-refractivity contribution in [2.45, 2.75) is 16.1 Å². The van der Waals surface area contributed by atoms with Crippen molar-refractivity contribution in [2.24, 2.45) is 0 Å². The summed E-state index contributed by atoms with van der Waals surface area (Å²) in [4.78, 5) is 28.4. The molecule has 9 nitrogen and oxygen atoms in total. The van der Waals surface area contributed by atoms with E-state index in [1.54, 1.807) is 48.5 Å². The number of hydrogen-bond donors (Lipinski definition) is 1. The first-order chi connectivity index (χ1) is 20.7. The van der Waals surface area contributed by atoms with E-state index in [1.807, 2.05) is 6.07 Å². The number of thioether (sulfide) groups is 1. The number of ether oxygens (including phenoxy) is 3. The maximum absolute atomic E-state index is 13.6. The Morgan fingerprint density at radius 3 is 2.28 bits per heavy atom. The van der Waals surface area contributed by atoms with Gasteiger partial charge in [0.15, 0.2) is 15.8 Å². The number of carbonyl (C=O) groups is 2. The van der Waals surface area contributed by atoms with Crippen molar-refractivity contribution >= 4 is 84.8 Å². The van der Waals surface area contributed by atoms with E-state index in [2.05, 4.69) is 26.1 Å². The van der Waals surface area contributed by atoms with E-state index in [0.29, 0.717) is 48.5 Å². The van der Waals surface area contributed by atoms with E-state index in [4.69, 9.17) is 37.4 Å². The number of amides is 1. The number of methoxy groups -OCH3 is 3. The number of hydrogen-bond acceptors (Lipinski definition) is 10. The predicted molar refractivity (Wildman–Crippen MR) is 171 cm³/mol. The number of anilines is 1. The fraction of sp³-hybridized carbons (Fsp3) is 0.172. The zero-order valence-electron chi connectivity index (χ0n) is 22.8. The highest BCUT2D eigenvalue weighted by molar-refractivity contribution is 9.10. The Labute approximate surface area is 273 Å². The number of Topliss-reactive ketones (excluding diaryl/α,β-unsaturated/α-hetero) is 1. The molecule has 43 heavy (non-hydrogen) atoms. The average Bonchev–Trinajstić information content (AvgIpc) is 3.57. The highest BCUT2D eigenvalue weighted by Crippen LogP contribution is 2.48. The smallest absolute Gasteiger partial charge is 0.301 e. The van der Waals surface area contributed by atoms with Gasteiger partial charge in [-0.15, -0.1) is 10.2 Å². The first-order valence-electron chi connectivity index (χ1n) is 12.4. The molecule has 4 aromatic rings. The van der Waals surface area contributed by atoms with Crippen LogP contribution in [0.5, 0.6) is 17.2 Å². The van der Waals surface area contributed by atoms with E-state index in [9.17, 15) is 14.7 Å². The van der Waals surface area contributed by atoms with Gasteiger partial charge in [-0.3, -0.25) is 14.5 Å². The lowest BCUT2D eigenvalue weighted by molar-refractivity contribution is -0.132. The van der Waals surface area contributed by atoms with E-state index in [-0.39, 0.29) is 16.5 Å². The number of ketones is 1. The standard InChI is InChI=1S/C29H22BrCl2N3O6S2/c1-39-20-10-16(11-21(40-2)26(20)41-3)23-22(24(36)14-4-7-17(30)8-5-14)25(37)27(38)35(23)28-33-34-29(43-28)42-13-15-6-9-18(31)12-19(15)32/h4-12,23,36H,13H2,1-3H3/b24-22-. The number of benzene rings is 3. The van der Waals surface area contributed by atoms with Crippen LogP contribution in [0, 0.1) is 0 Å². The summed E-state index contributed by atoms with van der Waals surface area (Å²) < 4.78 is 17.9. The van der Waals surface area contributed by atoms with Crippen molar-refractivity contribution in [3.05, 3.63) is 91.4 Å². The molecule has 0 spiro atoms. The molecular weight excluding hydrogens is 701 g/mol. The molecule has 222 valence electrons. The summed E-state index contributed by atoms with van der Waals surface area (Å²) in [5, 5.41) is 21.1. The number of carbonyl (C=O) groups excluding carboxylic acids is 2. The van der Waals surface area contributed by atoms with Gasteiger partial charge in [0.1, 0.15) is 5.76 Å². The molecule has 1 unspecified atom stereocenters. The Hall–Kier alpha value is -3.29. The zero-order valence-corrected chi connectivity index (χ0v) is 27.5. The van der Waals surface area contributed by atoms with Crippen molar-refractivity contribution in [2.75, 3.05) is 26.2 Å². The molecule has 0 bridgehead atoms. The molecule has 1 atom stereocenters. The Balaban J connectivity index is 1.61. The van der Waals surface area contributed by atoms with Gasteiger partial charge in [0, 0.05) is 25.8 Å². The molecule has 1 amide bonds. The number of aromatic nitrogens is 2. The van der Waals surface area contributed by atoms with Gasteiger partial charge < -0.3 is 19.3 Å². The third-order valence-corrected chi connectivity index (χ3v) is 9.75. The Kier molecular flexibility index (Phi) is 9.52. The average molecular weight is 723 g/mol. The van der Waals surface area contributed by atoms with Crippen molar-refractivity contribution in [1.29, 1.82) is 0 Å². The van der Waals surface area contributed by atoms with Crippen LogP contribution in [0.4, 0.5) is 5.13 Å². The Morgan fingerprint density at radius 1 is 1.00 bits per heavy atom. The maximum Gasteiger partial charge on any atom is 0.301 e. The number of rotatable bonds is 9. The lowest BCUT2D eigenvalue weighted by Crippen LogP contribution is -2.29. The van der Waals surface area contributed by atoms with E-state index >= 15 is 0 Å². The fourth-order valence-corrected chi connectivity index (χ4v) is 7.19. The summed E-state index contributed by atoms with van der Waals surface area (Å²) in [6.45, 7) is 0. The van der Waals surface area contributed by atoms with E-state index in [0.717, 1.165) is 21.4 Å². The van der Waals surface area contributed by atoms with Crippen LogP contribution in [0.15, 0.2) is 69.0 Å². The van der Waals surface area contributed by atoms with Gasteiger partial charge in [0.25, 0.3) is 5.78 Å². The highest BCUT2D eigenvalue weighted by atomic mass is 79.9. The first kappa shape index (κ1) is 31.1. The van der Waals surface area contributed by atoms with Crippen LogP contribution in [0.3, 0.4) is 0 Å². The highest BCUT2D eigenvalue weighted by Gasteiger charge is 2.49. The van der Waals surface area contributed by atoms with Gasteiger partial charge in [0.05, 0.1) is 32.9 Å². The molecule has 1 aliphatic heterocycles. The molecule has 1 fully saturated rings. The summed E-state index contributed by atoms with van der Waals surface area (Å²) in [7, 11) is 4.39. The van der Waals surface area contributed by atoms with Crippen LogP contribution in [-0.2, 0) is 15.3 Å². The third kappa shape index (κ3) is 6.20. The monoisotopic (exact) mass is 721 g/mol. The molecule has 3 aromatic carbocycles. The van der Waals surface area contributed by atoms with Crippen LogP contribution in [0.2, 0.25) is 10.0 Å². The van der Waals surface area contributed by atoms with Gasteiger partial charge in [-0.1, -0.05) is 80.4 Å². The van der Waals surface area contributed by atoms with Crippen molar-refractivity contribution in [3.8, 4) is 17.2 Å². The van der Waals surface area contributed by atoms with E-state index in [1.165, 1.54) is 38.0 Å². The summed E-state index contributed by atoms with van der Waals surface area (Å²) in [6, 6.07) is 14.1. The van der Waals surface area contributed by atoms with Crippen molar-refractivity contribution < 1.29 is 28.9 Å². The van der Waals surface area contributed by atoms with E-state index < -0.39 is 17.7 Å². The fourth-order valence-electron chi connectivity index (χ4n) is 4.50. The van der Waals surface area contributed by atoms with Crippen LogP contribution >= 0.6 is 62.2 Å². The number of nitrogens with zero attached hydrogens (tertiary/aromatic N) is 3. The molecule has 1 N–H and O–H groups in total. The quantitative estimate of drug-likeness (QED) is 0.0616. The molecule has 1 saturated heterocycles. The van der Waals surface area contributed by atoms with Gasteiger partial charge in [-0.25, -0.2) is 0 Å². The van der Waals surface area contributed by atoms with Crippen LogP contribution in [-0.4, -0.2) is 48.3 Å². The minimum absolute atomic E-state index is 0.126. The lowest BCUT2D eigenvalue weighted by Gasteiger charge is -2.24. The lowest BCUT2D eigenvalue weighted by atomic mass is 9.95. The van der Waals surface area contributed by atoms with Crippen molar-refractivity contribution in [3.63, 3.8) is 0 Å². The molecule has 14 heteroatoms. The molecule has 1 aliphatic rings. The summed E-state index contributed by atoms with van der Waals surface area (Å²) >= 11 is 18.2. The summed E-state index contributed by atoms with van der Waals surface area (Å²) in [5.74, 6) is -0.678.